The van der Waals surface area contributed by atoms with Crippen molar-refractivity contribution in [1.82, 2.24) is 0 Å². The molecule has 0 bridgehead atoms. The molecule has 158 valence electrons. The third-order valence-corrected chi connectivity index (χ3v) is 4.85. The molecule has 1 amide bonds. The van der Waals surface area contributed by atoms with Crippen LogP contribution in [0, 0.1) is 5.82 Å². The average molecular weight is 431 g/mol. The number of amides is 1. The van der Waals surface area contributed by atoms with Gasteiger partial charge in [0, 0.05) is 11.3 Å². The standard InChI is InChI=1S/C22H13F4NO4/c23-14-7-3-12(4-8-14)19(28)17-18(16-2-1-11-31-16)27(21(30)20(17)29)15-9-5-13(6-10-15)22(24,25)26/h1-11,18,28H/b19-17-. The van der Waals surface area contributed by atoms with Gasteiger partial charge in [-0.25, -0.2) is 4.39 Å². The first kappa shape index (κ1) is 20.4. The molecule has 4 rings (SSSR count). The molecule has 1 aliphatic heterocycles. The van der Waals surface area contributed by atoms with Crippen LogP contribution >= 0.6 is 0 Å². The largest absolute Gasteiger partial charge is 0.507 e. The lowest BCUT2D eigenvalue weighted by Crippen LogP contribution is -2.29. The molecule has 2 heterocycles. The number of rotatable bonds is 3. The quantitative estimate of drug-likeness (QED) is 0.272. The molecule has 1 N–H and O–H groups in total. The molecule has 0 saturated carbocycles. The average Bonchev–Trinajstić information content (AvgIpc) is 3.35. The lowest BCUT2D eigenvalue weighted by Gasteiger charge is -2.23. The van der Waals surface area contributed by atoms with Crippen molar-refractivity contribution in [3.8, 4) is 0 Å². The van der Waals surface area contributed by atoms with E-state index in [0.29, 0.717) is 0 Å². The number of hydrogen-bond acceptors (Lipinski definition) is 4. The van der Waals surface area contributed by atoms with Crippen molar-refractivity contribution in [2.24, 2.45) is 0 Å². The summed E-state index contributed by atoms with van der Waals surface area (Å²) in [4.78, 5) is 26.6. The van der Waals surface area contributed by atoms with E-state index >= 15 is 0 Å². The summed E-state index contributed by atoms with van der Waals surface area (Å²) in [6, 6.07) is 10.0. The summed E-state index contributed by atoms with van der Waals surface area (Å²) >= 11 is 0. The number of aliphatic hydroxyl groups is 1. The second-order valence-corrected chi connectivity index (χ2v) is 6.74. The van der Waals surface area contributed by atoms with Crippen molar-refractivity contribution in [3.63, 3.8) is 0 Å². The Morgan fingerprint density at radius 3 is 2.16 bits per heavy atom. The zero-order valence-corrected chi connectivity index (χ0v) is 15.6. The van der Waals surface area contributed by atoms with Gasteiger partial charge in [0.1, 0.15) is 23.4 Å². The van der Waals surface area contributed by atoms with Crippen LogP contribution in [0.4, 0.5) is 23.2 Å². The van der Waals surface area contributed by atoms with Gasteiger partial charge in [-0.2, -0.15) is 13.2 Å². The monoisotopic (exact) mass is 431 g/mol. The highest BCUT2D eigenvalue weighted by molar-refractivity contribution is 6.51. The number of carbonyl (C=O) groups is 2. The molecule has 3 aromatic rings. The summed E-state index contributed by atoms with van der Waals surface area (Å²) < 4.78 is 57.3. The van der Waals surface area contributed by atoms with Gasteiger partial charge in [0.15, 0.2) is 0 Å². The van der Waals surface area contributed by atoms with E-state index in [0.717, 1.165) is 41.3 Å². The van der Waals surface area contributed by atoms with Gasteiger partial charge < -0.3 is 9.52 Å². The van der Waals surface area contributed by atoms with E-state index in [1.54, 1.807) is 0 Å². The molecular formula is C22H13F4NO4. The van der Waals surface area contributed by atoms with Crippen molar-refractivity contribution in [1.29, 1.82) is 0 Å². The van der Waals surface area contributed by atoms with E-state index in [1.165, 1.54) is 30.5 Å². The second kappa shape index (κ2) is 7.42. The van der Waals surface area contributed by atoms with E-state index in [-0.39, 0.29) is 22.6 Å². The Bertz CT molecular complexity index is 1160. The van der Waals surface area contributed by atoms with Crippen LogP contribution in [-0.4, -0.2) is 16.8 Å². The molecule has 1 atom stereocenters. The second-order valence-electron chi connectivity index (χ2n) is 6.74. The number of furan rings is 1. The Morgan fingerprint density at radius 1 is 0.968 bits per heavy atom. The first-order valence-electron chi connectivity index (χ1n) is 8.96. The maximum absolute atomic E-state index is 13.2. The highest BCUT2D eigenvalue weighted by Gasteiger charge is 2.48. The van der Waals surface area contributed by atoms with Crippen LogP contribution < -0.4 is 4.90 Å². The summed E-state index contributed by atoms with van der Waals surface area (Å²) in [5, 5.41) is 10.8. The van der Waals surface area contributed by atoms with Gasteiger partial charge in [0.25, 0.3) is 11.7 Å². The van der Waals surface area contributed by atoms with Crippen molar-refractivity contribution in [3.05, 3.63) is 95.2 Å². The maximum Gasteiger partial charge on any atom is 0.416 e. The number of ketones is 1. The summed E-state index contributed by atoms with van der Waals surface area (Å²) in [6.45, 7) is 0. The van der Waals surface area contributed by atoms with Crippen LogP contribution in [0.3, 0.4) is 0 Å². The lowest BCUT2D eigenvalue weighted by molar-refractivity contribution is -0.137. The van der Waals surface area contributed by atoms with Gasteiger partial charge in [-0.3, -0.25) is 14.5 Å². The van der Waals surface area contributed by atoms with Crippen LogP contribution in [0.25, 0.3) is 5.76 Å². The predicted molar refractivity (Wildman–Crippen MR) is 101 cm³/mol. The van der Waals surface area contributed by atoms with Crippen LogP contribution in [0.1, 0.15) is 22.9 Å². The number of carbonyl (C=O) groups excluding carboxylic acids is 2. The number of alkyl halides is 3. The fourth-order valence-corrected chi connectivity index (χ4v) is 3.39. The van der Waals surface area contributed by atoms with Crippen LogP contribution in [0.15, 0.2) is 76.9 Å². The molecule has 1 fully saturated rings. The van der Waals surface area contributed by atoms with Gasteiger partial charge in [-0.15, -0.1) is 0 Å². The van der Waals surface area contributed by atoms with Gasteiger partial charge in [-0.05, 0) is 60.7 Å². The number of Topliss-reactive ketones (excluding diaryl/α,β-unsaturated/α-hetero) is 1. The lowest BCUT2D eigenvalue weighted by atomic mass is 9.99. The maximum atomic E-state index is 13.2. The highest BCUT2D eigenvalue weighted by Crippen LogP contribution is 2.42. The predicted octanol–water partition coefficient (Wildman–Crippen LogP) is 5.06. The number of anilines is 1. The zero-order chi connectivity index (χ0) is 22.3. The first-order valence-corrected chi connectivity index (χ1v) is 8.96. The Balaban J connectivity index is 1.86. The molecule has 2 aromatic carbocycles. The van der Waals surface area contributed by atoms with E-state index < -0.39 is 41.0 Å². The molecule has 31 heavy (non-hydrogen) atoms. The molecule has 5 nitrogen and oxygen atoms in total. The Kier molecular flexibility index (Phi) is 4.88. The third kappa shape index (κ3) is 3.58. The fourth-order valence-electron chi connectivity index (χ4n) is 3.39. The van der Waals surface area contributed by atoms with Gasteiger partial charge in [0.05, 0.1) is 17.4 Å². The number of aliphatic hydroxyl groups excluding tert-OH is 1. The Labute approximate surface area is 172 Å². The number of nitrogens with zero attached hydrogens (tertiary/aromatic N) is 1. The smallest absolute Gasteiger partial charge is 0.416 e. The van der Waals surface area contributed by atoms with E-state index in [1.807, 2.05) is 0 Å². The Hall–Kier alpha value is -3.88. The van der Waals surface area contributed by atoms with Gasteiger partial charge >= 0.3 is 6.18 Å². The molecule has 0 radical (unpaired) electrons. The number of halogens is 4. The number of benzene rings is 2. The summed E-state index contributed by atoms with van der Waals surface area (Å²) in [7, 11) is 0. The van der Waals surface area contributed by atoms with Gasteiger partial charge in [0.2, 0.25) is 0 Å². The Morgan fingerprint density at radius 2 is 1.61 bits per heavy atom. The molecule has 9 heteroatoms. The topological polar surface area (TPSA) is 70.8 Å². The minimum Gasteiger partial charge on any atom is -0.507 e. The molecular weight excluding hydrogens is 418 g/mol. The van der Waals surface area contributed by atoms with Gasteiger partial charge in [-0.1, -0.05) is 0 Å². The molecule has 1 aliphatic rings. The zero-order valence-electron chi connectivity index (χ0n) is 15.6. The molecule has 1 aromatic heterocycles. The molecule has 0 aliphatic carbocycles. The summed E-state index contributed by atoms with van der Waals surface area (Å²) in [5.41, 5.74) is -1.15. The van der Waals surface area contributed by atoms with E-state index in [9.17, 15) is 32.3 Å². The number of hydrogen-bond donors (Lipinski definition) is 1. The minimum atomic E-state index is -4.57. The highest BCUT2D eigenvalue weighted by atomic mass is 19.4. The summed E-state index contributed by atoms with van der Waals surface area (Å²) in [5.74, 6) is -3.12. The summed E-state index contributed by atoms with van der Waals surface area (Å²) in [6.07, 6.45) is -3.28. The normalized spacial score (nSPS) is 18.6. The van der Waals surface area contributed by atoms with E-state index in [4.69, 9.17) is 4.42 Å². The fraction of sp³-hybridized carbons (Fsp3) is 0.0909. The molecule has 1 saturated heterocycles. The third-order valence-electron chi connectivity index (χ3n) is 4.85. The minimum absolute atomic E-state index is 0.00894. The van der Waals surface area contributed by atoms with Crippen molar-refractivity contribution in [2.45, 2.75) is 12.2 Å². The van der Waals surface area contributed by atoms with E-state index in [2.05, 4.69) is 0 Å². The van der Waals surface area contributed by atoms with Crippen molar-refractivity contribution in [2.75, 3.05) is 4.90 Å². The SMILES string of the molecule is O=C1C(=O)N(c2ccc(C(F)(F)F)cc2)C(c2ccco2)/C1=C(/O)c1ccc(F)cc1. The van der Waals surface area contributed by atoms with Crippen LogP contribution in [-0.2, 0) is 15.8 Å². The molecule has 0 spiro atoms. The van der Waals surface area contributed by atoms with Crippen LogP contribution in [0.5, 0.6) is 0 Å². The molecule has 1 unspecified atom stereocenters. The van der Waals surface area contributed by atoms with Crippen molar-refractivity contribution >= 4 is 23.1 Å². The first-order chi connectivity index (χ1) is 14.7. The van der Waals surface area contributed by atoms with Crippen molar-refractivity contribution < 1.29 is 36.7 Å². The van der Waals surface area contributed by atoms with Crippen LogP contribution in [0.2, 0.25) is 0 Å².